The van der Waals surface area contributed by atoms with E-state index in [1.165, 1.54) is 110 Å². The first-order valence-electron chi connectivity index (χ1n) is 11.1. The third-order valence-corrected chi connectivity index (χ3v) is 7.20. The zero-order chi connectivity index (χ0) is 18.8. The van der Waals surface area contributed by atoms with Crippen molar-refractivity contribution in [1.82, 2.24) is 0 Å². The average Bonchev–Trinajstić information content (AvgIpc) is 2.64. The summed E-state index contributed by atoms with van der Waals surface area (Å²) in [4.78, 5) is 0. The number of halogens is 1. The molecule has 1 unspecified atom stereocenters. The Kier molecular flexibility index (Phi) is 17.8. The highest BCUT2D eigenvalue weighted by Crippen LogP contribution is 2.23. The van der Waals surface area contributed by atoms with Crippen molar-refractivity contribution in [2.24, 2.45) is 0 Å². The van der Waals surface area contributed by atoms with Gasteiger partial charge in [0.05, 0.1) is 19.6 Å². The third-order valence-electron chi connectivity index (χ3n) is 5.66. The van der Waals surface area contributed by atoms with E-state index < -0.39 is 0 Å². The molecule has 0 N–H and O–H groups in total. The number of nitrogens with zero attached hydrogens (tertiary/aromatic N) is 1. The fraction of sp³-hybridized carbons (Fsp3) is 0.913. The van der Waals surface area contributed by atoms with Crippen molar-refractivity contribution in [2.45, 2.75) is 115 Å². The van der Waals surface area contributed by atoms with Gasteiger partial charge in [-0.05, 0) is 38.5 Å². The normalized spacial score (nSPS) is 12.9. The van der Waals surface area contributed by atoms with Gasteiger partial charge in [-0.3, -0.25) is 0 Å². The molecule has 0 heterocycles. The number of hydrogen-bond acceptors (Lipinski definition) is 0. The summed E-state index contributed by atoms with van der Waals surface area (Å²) in [6.45, 7) is 10.7. The van der Waals surface area contributed by atoms with Crippen LogP contribution in [0.3, 0.4) is 0 Å². The number of hydrogen-bond donors (Lipinski definition) is 0. The van der Waals surface area contributed by atoms with Crippen LogP contribution in [-0.4, -0.2) is 28.2 Å². The predicted molar refractivity (Wildman–Crippen MR) is 123 cm³/mol. The van der Waals surface area contributed by atoms with E-state index in [4.69, 9.17) is 6.42 Å². The van der Waals surface area contributed by atoms with E-state index >= 15 is 0 Å². The molecule has 0 aliphatic carbocycles. The molecule has 0 amide bonds. The Morgan fingerprint density at radius 2 is 1.04 bits per heavy atom. The Labute approximate surface area is 173 Å². The summed E-state index contributed by atoms with van der Waals surface area (Å²) in [6, 6.07) is 0. The zero-order valence-electron chi connectivity index (χ0n) is 17.5. The Balaban J connectivity index is 4.15. The molecule has 148 valence electrons. The minimum absolute atomic E-state index is 0.336. The van der Waals surface area contributed by atoms with Gasteiger partial charge in [0.15, 0.2) is 0 Å². The van der Waals surface area contributed by atoms with Gasteiger partial charge in [-0.25, -0.2) is 0 Å². The molecule has 0 aromatic heterocycles. The summed E-state index contributed by atoms with van der Waals surface area (Å²) in [5.41, 5.74) is 0. The summed E-state index contributed by atoms with van der Waals surface area (Å²) < 4.78 is 1.48. The fourth-order valence-electron chi connectivity index (χ4n) is 3.74. The molecule has 0 rings (SSSR count). The number of rotatable bonds is 18. The number of quaternary nitrogens is 1. The van der Waals surface area contributed by atoms with E-state index in [1.54, 1.807) is 0 Å². The molecule has 0 saturated carbocycles. The average molecular weight is 463 g/mol. The van der Waals surface area contributed by atoms with Crippen molar-refractivity contribution in [3.63, 3.8) is 0 Å². The molecule has 0 aromatic carbocycles. The smallest absolute Gasteiger partial charge is 0.200 e. The highest BCUT2D eigenvalue weighted by molar-refractivity contribution is 14.1. The molecule has 0 aliphatic rings. The first-order chi connectivity index (χ1) is 12.2. The number of terminal acetylenes is 1. The summed E-state index contributed by atoms with van der Waals surface area (Å²) in [7, 11) is 0. The predicted octanol–water partition coefficient (Wildman–Crippen LogP) is 7.72. The van der Waals surface area contributed by atoms with Gasteiger partial charge in [0.1, 0.15) is 0 Å². The second-order valence-corrected chi connectivity index (χ2v) is 8.91. The van der Waals surface area contributed by atoms with Crippen LogP contribution in [0.15, 0.2) is 0 Å². The number of unbranched alkanes of at least 4 members (excludes halogenated alkanes) is 12. The van der Waals surface area contributed by atoms with Gasteiger partial charge in [-0.15, -0.1) is 6.42 Å². The minimum Gasteiger partial charge on any atom is -0.303 e. The summed E-state index contributed by atoms with van der Waals surface area (Å²) in [5, 5.41) is 0. The summed E-state index contributed by atoms with van der Waals surface area (Å²) in [6.07, 6.45) is 25.3. The lowest BCUT2D eigenvalue weighted by molar-refractivity contribution is -0.925. The molecule has 0 aliphatic heterocycles. The Morgan fingerprint density at radius 3 is 1.36 bits per heavy atom. The van der Waals surface area contributed by atoms with Crippen LogP contribution in [-0.2, 0) is 0 Å². The van der Waals surface area contributed by atoms with Crippen LogP contribution in [0.5, 0.6) is 0 Å². The van der Waals surface area contributed by atoms with Crippen LogP contribution < -0.4 is 0 Å². The van der Waals surface area contributed by atoms with Crippen LogP contribution in [0.2, 0.25) is 0 Å². The lowest BCUT2D eigenvalue weighted by Crippen LogP contribution is -2.53. The molecule has 0 aromatic rings. The maximum Gasteiger partial charge on any atom is 0.200 e. The van der Waals surface area contributed by atoms with Crippen LogP contribution >= 0.6 is 22.6 Å². The summed E-state index contributed by atoms with van der Waals surface area (Å²) >= 11 is 2.52. The number of alkyl halides is 1. The monoisotopic (exact) mass is 462 g/mol. The maximum absolute atomic E-state index is 5.83. The molecule has 1 atom stereocenters. The lowest BCUT2D eigenvalue weighted by Gasteiger charge is -2.40. The van der Waals surface area contributed by atoms with Gasteiger partial charge in [0, 0.05) is 22.6 Å². The van der Waals surface area contributed by atoms with E-state index in [2.05, 4.69) is 49.3 Å². The molecule has 0 saturated heterocycles. The van der Waals surface area contributed by atoms with E-state index in [1.807, 2.05) is 0 Å². The Hall–Kier alpha value is 0.250. The minimum atomic E-state index is 0.336. The molecule has 2 heteroatoms. The molecule has 0 spiro atoms. The molecule has 0 radical (unpaired) electrons. The standard InChI is InChI=1S/C23H45IN/c1-5-9-11-13-15-17-19-21-25(8-4,23(24)7-3)22-20-18-16-14-12-10-6-2/h3,23H,5-6,8-22H2,1-2,4H3/q+1. The Bertz CT molecular complexity index is 303. The van der Waals surface area contributed by atoms with Gasteiger partial charge < -0.3 is 4.48 Å². The quantitative estimate of drug-likeness (QED) is 0.0489. The van der Waals surface area contributed by atoms with E-state index in [0.717, 1.165) is 4.48 Å². The first kappa shape index (κ1) is 25.2. The highest BCUT2D eigenvalue weighted by atomic mass is 127. The second kappa shape index (κ2) is 17.7. The van der Waals surface area contributed by atoms with Gasteiger partial charge >= 0.3 is 0 Å². The summed E-state index contributed by atoms with van der Waals surface area (Å²) in [5.74, 6) is 3.05. The molecular weight excluding hydrogens is 417 g/mol. The van der Waals surface area contributed by atoms with Gasteiger partial charge in [0.2, 0.25) is 4.05 Å². The zero-order valence-corrected chi connectivity index (χ0v) is 19.7. The van der Waals surface area contributed by atoms with Crippen LogP contribution in [0, 0.1) is 12.3 Å². The topological polar surface area (TPSA) is 0 Å². The van der Waals surface area contributed by atoms with Crippen molar-refractivity contribution >= 4 is 22.6 Å². The van der Waals surface area contributed by atoms with Crippen LogP contribution in [0.4, 0.5) is 0 Å². The second-order valence-electron chi connectivity index (χ2n) is 7.73. The largest absolute Gasteiger partial charge is 0.303 e. The fourth-order valence-corrected chi connectivity index (χ4v) is 4.69. The molecule has 1 nitrogen and oxygen atoms in total. The van der Waals surface area contributed by atoms with E-state index in [9.17, 15) is 0 Å². The van der Waals surface area contributed by atoms with Crippen molar-refractivity contribution < 1.29 is 4.48 Å². The molecule has 25 heavy (non-hydrogen) atoms. The SMILES string of the molecule is C#CC(I)[N+](CC)(CCCCCCCCC)CCCCCCCCC. The third kappa shape index (κ3) is 12.3. The van der Waals surface area contributed by atoms with Crippen LogP contribution in [0.1, 0.15) is 111 Å². The molecule has 0 fully saturated rings. The van der Waals surface area contributed by atoms with Crippen LogP contribution in [0.25, 0.3) is 0 Å². The van der Waals surface area contributed by atoms with Crippen molar-refractivity contribution in [1.29, 1.82) is 0 Å². The van der Waals surface area contributed by atoms with Gasteiger partial charge in [-0.1, -0.05) is 78.1 Å². The molecule has 0 bridgehead atoms. The van der Waals surface area contributed by atoms with E-state index in [-0.39, 0.29) is 0 Å². The maximum atomic E-state index is 5.83. The van der Waals surface area contributed by atoms with E-state index in [0.29, 0.717) is 4.05 Å². The van der Waals surface area contributed by atoms with Crippen molar-refractivity contribution in [3.05, 3.63) is 0 Å². The van der Waals surface area contributed by atoms with Crippen molar-refractivity contribution in [3.8, 4) is 12.3 Å². The Morgan fingerprint density at radius 1 is 0.680 bits per heavy atom. The van der Waals surface area contributed by atoms with Crippen molar-refractivity contribution in [2.75, 3.05) is 19.6 Å². The van der Waals surface area contributed by atoms with Gasteiger partial charge in [-0.2, -0.15) is 0 Å². The lowest BCUT2D eigenvalue weighted by atomic mass is 10.1. The molecular formula is C23H45IN+. The van der Waals surface area contributed by atoms with Gasteiger partial charge in [0.25, 0.3) is 0 Å². The highest BCUT2D eigenvalue weighted by Gasteiger charge is 2.31. The first-order valence-corrected chi connectivity index (χ1v) is 12.4.